The van der Waals surface area contributed by atoms with E-state index in [2.05, 4.69) is 5.32 Å². The normalized spacial score (nSPS) is 10.3. The molecule has 0 spiro atoms. The third-order valence-corrected chi connectivity index (χ3v) is 3.81. The number of carbonyl (C=O) groups excluding carboxylic acids is 1. The van der Waals surface area contributed by atoms with Crippen LogP contribution >= 0.6 is 22.9 Å². The Bertz CT molecular complexity index is 580. The first-order chi connectivity index (χ1) is 8.60. The van der Waals surface area contributed by atoms with Crippen molar-refractivity contribution in [1.82, 2.24) is 0 Å². The smallest absolute Gasteiger partial charge is 0.265 e. The van der Waals surface area contributed by atoms with Gasteiger partial charge in [0.25, 0.3) is 5.91 Å². The van der Waals surface area contributed by atoms with Gasteiger partial charge in [0, 0.05) is 11.4 Å². The van der Waals surface area contributed by atoms with Crippen LogP contribution in [-0.2, 0) is 6.42 Å². The molecule has 0 aliphatic heterocycles. The number of benzene rings is 1. The van der Waals surface area contributed by atoms with Gasteiger partial charge in [0.15, 0.2) is 0 Å². The minimum absolute atomic E-state index is 0.171. The number of thiophene rings is 1. The van der Waals surface area contributed by atoms with E-state index in [4.69, 9.17) is 17.3 Å². The number of nitrogen functional groups attached to an aromatic ring is 1. The summed E-state index contributed by atoms with van der Waals surface area (Å²) in [4.78, 5) is 12.5. The van der Waals surface area contributed by atoms with E-state index >= 15 is 0 Å². The van der Waals surface area contributed by atoms with Crippen LogP contribution in [0, 0.1) is 0 Å². The van der Waals surface area contributed by atoms with Crippen molar-refractivity contribution >= 4 is 40.2 Å². The molecule has 1 heterocycles. The summed E-state index contributed by atoms with van der Waals surface area (Å²) in [5.41, 5.74) is 8.34. The minimum atomic E-state index is -0.171. The number of nitrogens with two attached hydrogens (primary N) is 1. The number of anilines is 2. The van der Waals surface area contributed by atoms with E-state index in [1.165, 1.54) is 11.3 Å². The summed E-state index contributed by atoms with van der Waals surface area (Å²) in [6, 6.07) is 8.95. The number of aryl methyl sites for hydroxylation is 1. The SMILES string of the molecule is CCc1ccc(NC(=O)c2ccc(Cl)s2)cc1N. The van der Waals surface area contributed by atoms with Crippen LogP contribution in [0.5, 0.6) is 0 Å². The Kier molecular flexibility index (Phi) is 3.89. The molecule has 0 saturated heterocycles. The van der Waals surface area contributed by atoms with Crippen LogP contribution in [0.4, 0.5) is 11.4 Å². The van der Waals surface area contributed by atoms with Crippen molar-refractivity contribution < 1.29 is 4.79 Å². The Morgan fingerprint density at radius 1 is 1.39 bits per heavy atom. The minimum Gasteiger partial charge on any atom is -0.398 e. The average molecular weight is 281 g/mol. The molecule has 94 valence electrons. The molecule has 1 amide bonds. The fourth-order valence-corrected chi connectivity index (χ4v) is 2.56. The molecule has 1 aromatic heterocycles. The standard InChI is InChI=1S/C13H13ClN2OS/c1-2-8-3-4-9(7-10(8)15)16-13(17)11-5-6-12(14)18-11/h3-7H,2,15H2,1H3,(H,16,17). The average Bonchev–Trinajstić information content (AvgIpc) is 2.76. The Hall–Kier alpha value is -1.52. The Labute approximate surface area is 115 Å². The lowest BCUT2D eigenvalue weighted by atomic mass is 10.1. The first-order valence-electron chi connectivity index (χ1n) is 5.55. The highest BCUT2D eigenvalue weighted by Gasteiger charge is 2.09. The van der Waals surface area contributed by atoms with E-state index in [1.54, 1.807) is 18.2 Å². The fourth-order valence-electron chi connectivity index (χ4n) is 1.62. The van der Waals surface area contributed by atoms with Crippen molar-refractivity contribution in [1.29, 1.82) is 0 Å². The van der Waals surface area contributed by atoms with E-state index in [0.29, 0.717) is 20.6 Å². The van der Waals surface area contributed by atoms with Gasteiger partial charge in [-0.2, -0.15) is 0 Å². The Morgan fingerprint density at radius 2 is 2.17 bits per heavy atom. The second-order valence-corrected chi connectivity index (χ2v) is 5.54. The van der Waals surface area contributed by atoms with Crippen molar-refractivity contribution in [2.75, 3.05) is 11.1 Å². The molecular weight excluding hydrogens is 268 g/mol. The van der Waals surface area contributed by atoms with E-state index in [-0.39, 0.29) is 5.91 Å². The quantitative estimate of drug-likeness (QED) is 0.840. The second kappa shape index (κ2) is 5.42. The highest BCUT2D eigenvalue weighted by molar-refractivity contribution is 7.18. The van der Waals surface area contributed by atoms with Crippen molar-refractivity contribution in [3.8, 4) is 0 Å². The highest BCUT2D eigenvalue weighted by atomic mass is 35.5. The molecule has 5 heteroatoms. The summed E-state index contributed by atoms with van der Waals surface area (Å²) in [7, 11) is 0. The number of hydrogen-bond donors (Lipinski definition) is 2. The first kappa shape index (κ1) is 12.9. The first-order valence-corrected chi connectivity index (χ1v) is 6.74. The van der Waals surface area contributed by atoms with Gasteiger partial charge in [-0.25, -0.2) is 0 Å². The topological polar surface area (TPSA) is 55.1 Å². The second-order valence-electron chi connectivity index (χ2n) is 3.83. The van der Waals surface area contributed by atoms with Crippen LogP contribution in [0.1, 0.15) is 22.2 Å². The van der Waals surface area contributed by atoms with Crippen LogP contribution in [0.25, 0.3) is 0 Å². The molecule has 3 nitrogen and oxygen atoms in total. The fraction of sp³-hybridized carbons (Fsp3) is 0.154. The lowest BCUT2D eigenvalue weighted by Crippen LogP contribution is -2.10. The summed E-state index contributed by atoms with van der Waals surface area (Å²) in [5.74, 6) is -0.171. The molecule has 0 fully saturated rings. The molecule has 3 N–H and O–H groups in total. The van der Waals surface area contributed by atoms with E-state index in [0.717, 1.165) is 12.0 Å². The van der Waals surface area contributed by atoms with Crippen molar-refractivity contribution in [3.05, 3.63) is 45.1 Å². The van der Waals surface area contributed by atoms with Gasteiger partial charge in [0.05, 0.1) is 9.21 Å². The largest absolute Gasteiger partial charge is 0.398 e. The molecule has 0 aliphatic carbocycles. The summed E-state index contributed by atoms with van der Waals surface area (Å²) in [5, 5.41) is 2.80. The summed E-state index contributed by atoms with van der Waals surface area (Å²) in [6.45, 7) is 2.04. The molecule has 0 saturated carbocycles. The zero-order chi connectivity index (χ0) is 13.1. The third-order valence-electron chi connectivity index (χ3n) is 2.58. The third kappa shape index (κ3) is 2.83. The number of hydrogen-bond acceptors (Lipinski definition) is 3. The maximum Gasteiger partial charge on any atom is 0.265 e. The lowest BCUT2D eigenvalue weighted by molar-refractivity contribution is 0.103. The number of rotatable bonds is 3. The van der Waals surface area contributed by atoms with Crippen LogP contribution in [0.15, 0.2) is 30.3 Å². The molecule has 0 bridgehead atoms. The summed E-state index contributed by atoms with van der Waals surface area (Å²) >= 11 is 7.04. The molecule has 1 aromatic carbocycles. The van der Waals surface area contributed by atoms with Crippen molar-refractivity contribution in [2.45, 2.75) is 13.3 Å². The van der Waals surface area contributed by atoms with E-state index < -0.39 is 0 Å². The summed E-state index contributed by atoms with van der Waals surface area (Å²) in [6.07, 6.45) is 0.876. The van der Waals surface area contributed by atoms with Gasteiger partial charge in [-0.3, -0.25) is 4.79 Å². The maximum absolute atomic E-state index is 11.9. The predicted octanol–water partition coefficient (Wildman–Crippen LogP) is 3.80. The molecule has 0 unspecified atom stereocenters. The zero-order valence-electron chi connectivity index (χ0n) is 9.87. The number of nitrogens with one attached hydrogen (secondary N) is 1. The molecule has 0 radical (unpaired) electrons. The molecule has 2 aromatic rings. The molecule has 0 aliphatic rings. The van der Waals surface area contributed by atoms with Gasteiger partial charge in [-0.05, 0) is 36.2 Å². The maximum atomic E-state index is 11.9. The van der Waals surface area contributed by atoms with Crippen LogP contribution < -0.4 is 11.1 Å². The van der Waals surface area contributed by atoms with Crippen LogP contribution in [0.3, 0.4) is 0 Å². The number of amides is 1. The van der Waals surface area contributed by atoms with Gasteiger partial charge < -0.3 is 11.1 Å². The molecule has 2 rings (SSSR count). The van der Waals surface area contributed by atoms with Gasteiger partial charge in [0.2, 0.25) is 0 Å². The zero-order valence-corrected chi connectivity index (χ0v) is 11.4. The lowest BCUT2D eigenvalue weighted by Gasteiger charge is -2.07. The highest BCUT2D eigenvalue weighted by Crippen LogP contribution is 2.23. The van der Waals surface area contributed by atoms with Gasteiger partial charge >= 0.3 is 0 Å². The van der Waals surface area contributed by atoms with E-state index in [1.807, 2.05) is 19.1 Å². The predicted molar refractivity (Wildman–Crippen MR) is 77.5 cm³/mol. The van der Waals surface area contributed by atoms with Crippen molar-refractivity contribution in [2.24, 2.45) is 0 Å². The van der Waals surface area contributed by atoms with E-state index in [9.17, 15) is 4.79 Å². The molecular formula is C13H13ClN2OS. The summed E-state index contributed by atoms with van der Waals surface area (Å²) < 4.78 is 0.598. The number of halogens is 1. The van der Waals surface area contributed by atoms with Crippen molar-refractivity contribution in [3.63, 3.8) is 0 Å². The van der Waals surface area contributed by atoms with Crippen LogP contribution in [-0.4, -0.2) is 5.91 Å². The van der Waals surface area contributed by atoms with Crippen LogP contribution in [0.2, 0.25) is 4.34 Å². The molecule has 18 heavy (non-hydrogen) atoms. The monoisotopic (exact) mass is 280 g/mol. The Balaban J connectivity index is 2.14. The molecule has 0 atom stereocenters. The number of carbonyl (C=O) groups is 1. The van der Waals surface area contributed by atoms with Gasteiger partial charge in [-0.15, -0.1) is 11.3 Å². The van der Waals surface area contributed by atoms with Gasteiger partial charge in [-0.1, -0.05) is 24.6 Å². The Morgan fingerprint density at radius 3 is 2.72 bits per heavy atom. The van der Waals surface area contributed by atoms with Gasteiger partial charge in [0.1, 0.15) is 0 Å².